The lowest BCUT2D eigenvalue weighted by Crippen LogP contribution is -2.36. The molecule has 3 saturated carbocycles. The number of aliphatic hydroxyl groups is 2. The maximum absolute atomic E-state index is 11.6. The number of hydrogen-bond acceptors (Lipinski definition) is 3. The van der Waals surface area contributed by atoms with Gasteiger partial charge in [0.25, 0.3) is 0 Å². The number of carbonyl (C=O) groups is 1. The third-order valence-electron chi connectivity index (χ3n) is 8.74. The largest absolute Gasteiger partial charge is 0.393 e. The molecule has 0 saturated heterocycles. The molecule has 3 nitrogen and oxygen atoms in total. The van der Waals surface area contributed by atoms with Crippen molar-refractivity contribution in [1.29, 1.82) is 0 Å². The molecule has 0 aromatic carbocycles. The second-order valence-corrected chi connectivity index (χ2v) is 10.7. The van der Waals surface area contributed by atoms with Crippen LogP contribution in [0, 0.1) is 29.1 Å². The highest BCUT2D eigenvalue weighted by molar-refractivity contribution is 5.77. The van der Waals surface area contributed by atoms with E-state index in [-0.39, 0.29) is 5.92 Å². The van der Waals surface area contributed by atoms with Gasteiger partial charge in [0.15, 0.2) is 0 Å². The Labute approximate surface area is 183 Å². The lowest BCUT2D eigenvalue weighted by Gasteiger charge is -2.44. The summed E-state index contributed by atoms with van der Waals surface area (Å²) in [6, 6.07) is 0. The van der Waals surface area contributed by atoms with Crippen molar-refractivity contribution in [2.75, 3.05) is 0 Å². The molecule has 0 bridgehead atoms. The maximum atomic E-state index is 11.6. The Morgan fingerprint density at radius 3 is 2.67 bits per heavy atom. The molecule has 3 aliphatic rings. The zero-order valence-corrected chi connectivity index (χ0v) is 19.5. The summed E-state index contributed by atoms with van der Waals surface area (Å²) < 4.78 is 0. The first-order valence-corrected chi connectivity index (χ1v) is 12.1. The van der Waals surface area contributed by atoms with E-state index < -0.39 is 12.2 Å². The van der Waals surface area contributed by atoms with Gasteiger partial charge in [-0.15, -0.1) is 0 Å². The molecule has 168 valence electrons. The van der Waals surface area contributed by atoms with E-state index in [2.05, 4.69) is 39.5 Å². The standard InChI is InChI=1S/C27H42O3/c1-17(20(4)28)8-9-18(2)24-12-13-25-21(7-6-14-27(24,25)5)10-11-22-15-23(29)16-26(30)19(22)3/h10-11,17-18,23-26,29-30H,3,6-9,12-16H2,1-2,4-5H3/b21-10-,22-11+/t17?,18?,23-,24-,25?,26+,27-/m1/s1. The number of allylic oxidation sites excluding steroid dienone is 3. The van der Waals surface area contributed by atoms with Crippen molar-refractivity contribution >= 4 is 5.78 Å². The molecule has 0 heterocycles. The van der Waals surface area contributed by atoms with Gasteiger partial charge in [-0.1, -0.05) is 45.1 Å². The first-order valence-electron chi connectivity index (χ1n) is 12.1. The number of hydrogen-bond donors (Lipinski definition) is 2. The average Bonchev–Trinajstić information content (AvgIpc) is 3.04. The molecule has 0 spiro atoms. The molecule has 0 aliphatic heterocycles. The van der Waals surface area contributed by atoms with Crippen LogP contribution in [0.2, 0.25) is 0 Å². The Morgan fingerprint density at radius 2 is 1.97 bits per heavy atom. The number of rotatable bonds is 6. The SMILES string of the molecule is C=C1/C(=C/C=C2/CCC[C@@]3(C)C2CC[C@@H]3C(C)CCC(C)C(C)=O)C[C@@H](O)C[C@@H]1O. The number of fused-ring (bicyclic) bond motifs is 1. The number of aliphatic hydroxyl groups excluding tert-OH is 2. The van der Waals surface area contributed by atoms with Crippen LogP contribution in [0.3, 0.4) is 0 Å². The Bertz CT molecular complexity index is 718. The van der Waals surface area contributed by atoms with Crippen LogP contribution in [0.25, 0.3) is 0 Å². The molecular formula is C27H42O3. The van der Waals surface area contributed by atoms with E-state index in [0.717, 1.165) is 36.3 Å². The first kappa shape index (κ1) is 23.5. The molecule has 0 radical (unpaired) electrons. The lowest BCUT2D eigenvalue weighted by molar-refractivity contribution is -0.120. The summed E-state index contributed by atoms with van der Waals surface area (Å²) in [5, 5.41) is 20.2. The van der Waals surface area contributed by atoms with E-state index in [1.54, 1.807) is 12.5 Å². The molecule has 30 heavy (non-hydrogen) atoms. The van der Waals surface area contributed by atoms with Gasteiger partial charge in [0.2, 0.25) is 0 Å². The molecule has 3 rings (SSSR count). The van der Waals surface area contributed by atoms with Crippen molar-refractivity contribution in [3.05, 3.63) is 35.5 Å². The van der Waals surface area contributed by atoms with Crippen LogP contribution in [0.5, 0.6) is 0 Å². The Kier molecular flexibility index (Phi) is 7.45. The lowest BCUT2D eigenvalue weighted by atomic mass is 9.60. The van der Waals surface area contributed by atoms with E-state index >= 15 is 0 Å². The molecule has 3 aliphatic carbocycles. The van der Waals surface area contributed by atoms with Gasteiger partial charge in [-0.25, -0.2) is 0 Å². The number of carbonyl (C=O) groups excluding carboxylic acids is 1. The molecule has 2 N–H and O–H groups in total. The van der Waals surface area contributed by atoms with Crippen molar-refractivity contribution < 1.29 is 15.0 Å². The quantitative estimate of drug-likeness (QED) is 0.580. The van der Waals surface area contributed by atoms with Crippen molar-refractivity contribution in [2.24, 2.45) is 29.1 Å². The monoisotopic (exact) mass is 414 g/mol. The fourth-order valence-electron chi connectivity index (χ4n) is 6.60. The predicted octanol–water partition coefficient (Wildman–Crippen LogP) is 5.77. The highest BCUT2D eigenvalue weighted by Crippen LogP contribution is 2.60. The van der Waals surface area contributed by atoms with Crippen LogP contribution in [0.15, 0.2) is 35.5 Å². The Hall–Kier alpha value is -1.19. The smallest absolute Gasteiger partial charge is 0.132 e. The zero-order chi connectivity index (χ0) is 22.1. The second kappa shape index (κ2) is 9.53. The minimum atomic E-state index is -0.621. The fourth-order valence-corrected chi connectivity index (χ4v) is 6.60. The minimum Gasteiger partial charge on any atom is -0.393 e. The van der Waals surface area contributed by atoms with Crippen molar-refractivity contribution in [1.82, 2.24) is 0 Å². The van der Waals surface area contributed by atoms with Crippen molar-refractivity contribution in [3.8, 4) is 0 Å². The van der Waals surface area contributed by atoms with Gasteiger partial charge in [0.05, 0.1) is 12.2 Å². The summed E-state index contributed by atoms with van der Waals surface area (Å²) in [7, 11) is 0. The van der Waals surface area contributed by atoms with Crippen LogP contribution in [-0.4, -0.2) is 28.2 Å². The van der Waals surface area contributed by atoms with Gasteiger partial charge in [0.1, 0.15) is 5.78 Å². The summed E-state index contributed by atoms with van der Waals surface area (Å²) >= 11 is 0. The molecular weight excluding hydrogens is 372 g/mol. The molecule has 3 heteroatoms. The van der Waals surface area contributed by atoms with Crippen molar-refractivity contribution in [2.45, 2.75) is 97.7 Å². The molecule has 7 atom stereocenters. The third kappa shape index (κ3) is 4.83. The molecule has 3 fully saturated rings. The zero-order valence-electron chi connectivity index (χ0n) is 19.5. The van der Waals surface area contributed by atoms with E-state index in [4.69, 9.17) is 0 Å². The van der Waals surface area contributed by atoms with Crippen LogP contribution in [0.1, 0.15) is 85.5 Å². The summed E-state index contributed by atoms with van der Waals surface area (Å²) in [5.41, 5.74) is 3.67. The summed E-state index contributed by atoms with van der Waals surface area (Å²) in [4.78, 5) is 11.6. The number of ketones is 1. The van der Waals surface area contributed by atoms with E-state index in [1.165, 1.54) is 25.7 Å². The minimum absolute atomic E-state index is 0.181. The van der Waals surface area contributed by atoms with Gasteiger partial charge in [-0.3, -0.25) is 4.79 Å². The van der Waals surface area contributed by atoms with Crippen LogP contribution < -0.4 is 0 Å². The first-order chi connectivity index (χ1) is 14.1. The van der Waals surface area contributed by atoms with Gasteiger partial charge in [0, 0.05) is 12.3 Å². The predicted molar refractivity (Wildman–Crippen MR) is 123 cm³/mol. The summed E-state index contributed by atoms with van der Waals surface area (Å²) in [6.45, 7) is 12.7. The topological polar surface area (TPSA) is 57.5 Å². The average molecular weight is 415 g/mol. The second-order valence-electron chi connectivity index (χ2n) is 10.7. The van der Waals surface area contributed by atoms with Crippen molar-refractivity contribution in [3.63, 3.8) is 0 Å². The van der Waals surface area contributed by atoms with E-state index in [1.807, 2.05) is 0 Å². The highest BCUT2D eigenvalue weighted by Gasteiger charge is 2.50. The molecule has 0 aromatic rings. The molecule has 0 aromatic heterocycles. The Morgan fingerprint density at radius 1 is 1.23 bits per heavy atom. The maximum Gasteiger partial charge on any atom is 0.132 e. The van der Waals surface area contributed by atoms with E-state index in [9.17, 15) is 15.0 Å². The molecule has 3 unspecified atom stereocenters. The van der Waals surface area contributed by atoms with Gasteiger partial charge >= 0.3 is 0 Å². The normalized spacial score (nSPS) is 39.2. The summed E-state index contributed by atoms with van der Waals surface area (Å²) in [5.74, 6) is 2.51. The number of Topliss-reactive ketones (excluding diaryl/α,β-unsaturated/α-hetero) is 1. The van der Waals surface area contributed by atoms with Gasteiger partial charge in [-0.05, 0) is 92.6 Å². The molecule has 0 amide bonds. The van der Waals surface area contributed by atoms with Crippen LogP contribution in [-0.2, 0) is 4.79 Å². The Balaban J connectivity index is 1.72. The van der Waals surface area contributed by atoms with Crippen LogP contribution in [0.4, 0.5) is 0 Å². The van der Waals surface area contributed by atoms with Gasteiger partial charge in [-0.2, -0.15) is 0 Å². The summed E-state index contributed by atoms with van der Waals surface area (Å²) in [6.07, 6.45) is 12.7. The highest BCUT2D eigenvalue weighted by atomic mass is 16.3. The van der Waals surface area contributed by atoms with Crippen LogP contribution >= 0.6 is 0 Å². The fraction of sp³-hybridized carbons (Fsp3) is 0.741. The third-order valence-corrected chi connectivity index (χ3v) is 8.74. The van der Waals surface area contributed by atoms with E-state index in [0.29, 0.717) is 35.9 Å². The van der Waals surface area contributed by atoms with Gasteiger partial charge < -0.3 is 10.2 Å².